The Hall–Kier alpha value is -1.54. The van der Waals surface area contributed by atoms with E-state index >= 15 is 0 Å². The van der Waals surface area contributed by atoms with Crippen LogP contribution < -0.4 is 21.5 Å². The van der Waals surface area contributed by atoms with Gasteiger partial charge in [0.15, 0.2) is 0 Å². The summed E-state index contributed by atoms with van der Waals surface area (Å²) in [7, 11) is 3.92. The lowest BCUT2D eigenvalue weighted by atomic mass is 10.2. The molecule has 0 radical (unpaired) electrons. The lowest BCUT2D eigenvalue weighted by Gasteiger charge is -2.13. The maximum Gasteiger partial charge on any atom is 0.241 e. The number of nitrogens with two attached hydrogens (primary N) is 2. The Labute approximate surface area is 148 Å². The molecule has 1 aromatic carbocycles. The van der Waals surface area contributed by atoms with Crippen molar-refractivity contribution in [3.8, 4) is 5.75 Å². The van der Waals surface area contributed by atoms with Crippen molar-refractivity contribution in [2.45, 2.75) is 12.5 Å². The molecule has 0 saturated carbocycles. The number of primary amides is 1. The summed E-state index contributed by atoms with van der Waals surface area (Å²) in [6, 6.07) is 6.02. The Kier molecular flexibility index (Phi) is 12.3. The molecule has 0 aliphatic rings. The number of rotatable bonds is 8. The number of benzene rings is 1. The molecule has 0 bridgehead atoms. The molecule has 132 valence electrons. The summed E-state index contributed by atoms with van der Waals surface area (Å²) in [5, 5.41) is 2.62. The Morgan fingerprint density at radius 2 is 1.96 bits per heavy atom. The second kappa shape index (κ2) is 12.0. The highest BCUT2D eigenvalue weighted by atomic mass is 35.5. The predicted octanol–water partition coefficient (Wildman–Crippen LogP) is 0.612. The molecule has 0 aliphatic carbocycles. The minimum absolute atomic E-state index is 0. The topological polar surface area (TPSA) is 111 Å². The molecule has 5 N–H and O–H groups in total. The van der Waals surface area contributed by atoms with Gasteiger partial charge in [0.2, 0.25) is 11.8 Å². The molecule has 23 heavy (non-hydrogen) atoms. The van der Waals surface area contributed by atoms with E-state index in [9.17, 15) is 9.59 Å². The van der Waals surface area contributed by atoms with Gasteiger partial charge in [0, 0.05) is 18.3 Å². The molecule has 0 fully saturated rings. The molecule has 1 aromatic rings. The number of hydrogen-bond acceptors (Lipinski definition) is 5. The van der Waals surface area contributed by atoms with E-state index in [0.29, 0.717) is 18.0 Å². The monoisotopic (exact) mass is 366 g/mol. The first-order valence-corrected chi connectivity index (χ1v) is 6.61. The van der Waals surface area contributed by atoms with Crippen molar-refractivity contribution in [2.75, 3.05) is 32.6 Å². The molecule has 0 aliphatic heterocycles. The number of anilines is 1. The fourth-order valence-corrected chi connectivity index (χ4v) is 1.55. The van der Waals surface area contributed by atoms with E-state index in [-0.39, 0.29) is 31.2 Å². The first-order chi connectivity index (χ1) is 9.88. The summed E-state index contributed by atoms with van der Waals surface area (Å²) in [5.41, 5.74) is 11.1. The van der Waals surface area contributed by atoms with Crippen LogP contribution >= 0.6 is 24.8 Å². The highest BCUT2D eigenvalue weighted by molar-refractivity contribution is 5.97. The predicted molar refractivity (Wildman–Crippen MR) is 95.4 cm³/mol. The third-order valence-corrected chi connectivity index (χ3v) is 2.67. The largest absolute Gasteiger partial charge is 0.492 e. The van der Waals surface area contributed by atoms with Crippen LogP contribution in [0.5, 0.6) is 5.75 Å². The molecule has 0 aromatic heterocycles. The molecule has 7 nitrogen and oxygen atoms in total. The Morgan fingerprint density at radius 1 is 1.30 bits per heavy atom. The number of halogens is 2. The first-order valence-electron chi connectivity index (χ1n) is 6.61. The van der Waals surface area contributed by atoms with Crippen molar-refractivity contribution < 1.29 is 14.3 Å². The second-order valence-corrected chi connectivity index (χ2v) is 4.95. The number of carbonyl (C=O) groups is 2. The zero-order chi connectivity index (χ0) is 15.8. The summed E-state index contributed by atoms with van der Waals surface area (Å²) >= 11 is 0. The third-order valence-electron chi connectivity index (χ3n) is 2.67. The molecule has 1 atom stereocenters. The zero-order valence-electron chi connectivity index (χ0n) is 13.2. The fraction of sp³-hybridized carbons (Fsp3) is 0.429. The zero-order valence-corrected chi connectivity index (χ0v) is 14.8. The van der Waals surface area contributed by atoms with Crippen LogP contribution in [0.2, 0.25) is 0 Å². The minimum atomic E-state index is -0.958. The highest BCUT2D eigenvalue weighted by Crippen LogP contribution is 2.17. The average molecular weight is 367 g/mol. The molecule has 1 unspecified atom stereocenters. The maximum atomic E-state index is 11.8. The van der Waals surface area contributed by atoms with Crippen LogP contribution in [0, 0.1) is 0 Å². The van der Waals surface area contributed by atoms with E-state index in [1.165, 1.54) is 0 Å². The summed E-state index contributed by atoms with van der Waals surface area (Å²) in [5.74, 6) is -0.421. The van der Waals surface area contributed by atoms with Crippen LogP contribution in [0.25, 0.3) is 0 Å². The Morgan fingerprint density at radius 3 is 2.52 bits per heavy atom. The van der Waals surface area contributed by atoms with Crippen molar-refractivity contribution in [3.05, 3.63) is 24.3 Å². The summed E-state index contributed by atoms with van der Waals surface area (Å²) in [6.45, 7) is 1.34. The van der Waals surface area contributed by atoms with Gasteiger partial charge in [0.1, 0.15) is 12.4 Å². The van der Waals surface area contributed by atoms with Gasteiger partial charge in [-0.15, -0.1) is 24.8 Å². The minimum Gasteiger partial charge on any atom is -0.492 e. The SMILES string of the molecule is CN(C)CCOc1cccc(NC(=O)C(N)CC(N)=O)c1.Cl.Cl. The van der Waals surface area contributed by atoms with Crippen molar-refractivity contribution in [1.29, 1.82) is 0 Å². The lowest BCUT2D eigenvalue weighted by Crippen LogP contribution is -2.38. The highest BCUT2D eigenvalue weighted by Gasteiger charge is 2.16. The quantitative estimate of drug-likeness (QED) is 0.624. The van der Waals surface area contributed by atoms with Gasteiger partial charge < -0.3 is 26.4 Å². The molecular formula is C14H24Cl2N4O3. The molecule has 2 amide bonds. The molecule has 0 spiro atoms. The van der Waals surface area contributed by atoms with Crippen LogP contribution in [0.4, 0.5) is 5.69 Å². The van der Waals surface area contributed by atoms with Crippen molar-refractivity contribution in [3.63, 3.8) is 0 Å². The van der Waals surface area contributed by atoms with Crippen LogP contribution in [0.3, 0.4) is 0 Å². The first kappa shape index (κ1) is 23.7. The van der Waals surface area contributed by atoms with E-state index < -0.39 is 17.9 Å². The van der Waals surface area contributed by atoms with Gasteiger partial charge in [0.25, 0.3) is 0 Å². The van der Waals surface area contributed by atoms with Gasteiger partial charge in [0.05, 0.1) is 12.5 Å². The standard InChI is InChI=1S/C14H22N4O3.2ClH/c1-18(2)6-7-21-11-5-3-4-10(8-11)17-14(20)12(15)9-13(16)19;;/h3-5,8,12H,6-7,9,15H2,1-2H3,(H2,16,19)(H,17,20);2*1H. The van der Waals surface area contributed by atoms with Gasteiger partial charge in [-0.1, -0.05) is 6.07 Å². The molecular weight excluding hydrogens is 343 g/mol. The number of amides is 2. The Balaban J connectivity index is 0. The van der Waals surface area contributed by atoms with E-state index in [4.69, 9.17) is 16.2 Å². The normalized spacial score (nSPS) is 11.0. The van der Waals surface area contributed by atoms with Crippen LogP contribution in [0.1, 0.15) is 6.42 Å². The summed E-state index contributed by atoms with van der Waals surface area (Å²) < 4.78 is 5.57. The number of likely N-dealkylation sites (N-methyl/N-ethyl adjacent to an activating group) is 1. The van der Waals surface area contributed by atoms with Gasteiger partial charge in [-0.3, -0.25) is 9.59 Å². The molecule has 0 saturated heterocycles. The molecule has 9 heteroatoms. The second-order valence-electron chi connectivity index (χ2n) is 4.95. The molecule has 1 rings (SSSR count). The van der Waals surface area contributed by atoms with E-state index in [1.54, 1.807) is 24.3 Å². The Bertz CT molecular complexity index is 501. The van der Waals surface area contributed by atoms with Crippen molar-refractivity contribution in [2.24, 2.45) is 11.5 Å². The number of nitrogens with zero attached hydrogens (tertiary/aromatic N) is 1. The van der Waals surface area contributed by atoms with Gasteiger partial charge in [-0.05, 0) is 26.2 Å². The number of nitrogens with one attached hydrogen (secondary N) is 1. The smallest absolute Gasteiger partial charge is 0.241 e. The van der Waals surface area contributed by atoms with Gasteiger partial charge in [-0.2, -0.15) is 0 Å². The maximum absolute atomic E-state index is 11.8. The van der Waals surface area contributed by atoms with E-state index in [0.717, 1.165) is 6.54 Å². The van der Waals surface area contributed by atoms with Crippen molar-refractivity contribution >= 4 is 42.3 Å². The van der Waals surface area contributed by atoms with Crippen LogP contribution in [-0.4, -0.2) is 50.0 Å². The fourth-order valence-electron chi connectivity index (χ4n) is 1.55. The number of ether oxygens (including phenoxy) is 1. The number of hydrogen-bond donors (Lipinski definition) is 3. The van der Waals surface area contributed by atoms with Crippen LogP contribution in [-0.2, 0) is 9.59 Å². The van der Waals surface area contributed by atoms with Gasteiger partial charge >= 0.3 is 0 Å². The van der Waals surface area contributed by atoms with E-state index in [2.05, 4.69) is 5.32 Å². The molecule has 0 heterocycles. The van der Waals surface area contributed by atoms with Crippen LogP contribution in [0.15, 0.2) is 24.3 Å². The average Bonchev–Trinajstić information content (AvgIpc) is 2.37. The lowest BCUT2D eigenvalue weighted by molar-refractivity contribution is -0.123. The summed E-state index contributed by atoms with van der Waals surface area (Å²) in [4.78, 5) is 24.5. The van der Waals surface area contributed by atoms with Crippen molar-refractivity contribution in [1.82, 2.24) is 4.90 Å². The third kappa shape index (κ3) is 9.96. The van der Waals surface area contributed by atoms with Gasteiger partial charge in [-0.25, -0.2) is 0 Å². The number of carbonyl (C=O) groups excluding carboxylic acids is 2. The van der Waals surface area contributed by atoms with E-state index in [1.807, 2.05) is 19.0 Å². The summed E-state index contributed by atoms with van der Waals surface area (Å²) in [6.07, 6.45) is -0.190.